The normalized spacial score (nSPS) is 12.3. The molecule has 3 heterocycles. The molecule has 1 aliphatic rings. The van der Waals surface area contributed by atoms with Gasteiger partial charge < -0.3 is 15.3 Å². The highest BCUT2D eigenvalue weighted by atomic mass is 16.4. The van der Waals surface area contributed by atoms with Crippen LogP contribution in [-0.4, -0.2) is 45.8 Å². The van der Waals surface area contributed by atoms with Crippen molar-refractivity contribution >= 4 is 40.8 Å². The lowest BCUT2D eigenvalue weighted by atomic mass is 10.1. The topological polar surface area (TPSA) is 133 Å². The van der Waals surface area contributed by atoms with Gasteiger partial charge in [-0.3, -0.25) is 24.4 Å². The fourth-order valence-electron chi connectivity index (χ4n) is 4.16. The van der Waals surface area contributed by atoms with E-state index in [4.69, 9.17) is 0 Å². The van der Waals surface area contributed by atoms with E-state index in [-0.39, 0.29) is 27.9 Å². The van der Waals surface area contributed by atoms with Crippen LogP contribution in [0.25, 0.3) is 0 Å². The number of carbonyl (C=O) groups is 4. The minimum absolute atomic E-state index is 0.00552. The highest BCUT2D eigenvalue weighted by Gasteiger charge is 2.37. The van der Waals surface area contributed by atoms with Crippen LogP contribution in [0.5, 0.6) is 0 Å². The highest BCUT2D eigenvalue weighted by molar-refractivity contribution is 6.35. The molecule has 5 rings (SSSR count). The number of hydrogen-bond donors (Lipinski definition) is 2. The Morgan fingerprint density at radius 2 is 1.66 bits per heavy atom. The number of carbonyl (C=O) groups excluding carboxylic acids is 3. The van der Waals surface area contributed by atoms with Crippen LogP contribution in [0.1, 0.15) is 47.0 Å². The van der Waals surface area contributed by atoms with E-state index in [1.165, 1.54) is 29.2 Å². The van der Waals surface area contributed by atoms with Crippen LogP contribution in [0.4, 0.5) is 17.1 Å². The van der Waals surface area contributed by atoms with Crippen LogP contribution < -0.4 is 15.1 Å². The van der Waals surface area contributed by atoms with Crippen LogP contribution in [-0.2, 0) is 6.54 Å². The monoisotopic (exact) mass is 507 g/mol. The lowest BCUT2D eigenvalue weighted by Crippen LogP contribution is -2.31. The molecule has 4 aromatic rings. The number of amides is 3. The van der Waals surface area contributed by atoms with Crippen molar-refractivity contribution in [2.24, 2.45) is 0 Å². The number of rotatable bonds is 7. The van der Waals surface area contributed by atoms with Crippen molar-refractivity contribution in [1.29, 1.82) is 0 Å². The van der Waals surface area contributed by atoms with E-state index in [1.807, 2.05) is 6.07 Å². The maximum atomic E-state index is 13.6. The lowest BCUT2D eigenvalue weighted by molar-refractivity contribution is 0.0696. The Labute approximate surface area is 217 Å². The Morgan fingerprint density at radius 3 is 2.34 bits per heavy atom. The maximum Gasteiger partial charge on any atom is 0.335 e. The minimum atomic E-state index is -1.21. The molecule has 0 bridgehead atoms. The molecule has 0 aliphatic carbocycles. The average molecular weight is 508 g/mol. The first-order valence-electron chi connectivity index (χ1n) is 11.6. The smallest absolute Gasteiger partial charge is 0.335 e. The summed E-state index contributed by atoms with van der Waals surface area (Å²) >= 11 is 0. The van der Waals surface area contributed by atoms with E-state index in [0.717, 1.165) is 10.5 Å². The summed E-state index contributed by atoms with van der Waals surface area (Å²) in [4.78, 5) is 61.9. The van der Waals surface area contributed by atoms with Crippen molar-refractivity contribution in [3.8, 4) is 0 Å². The molecule has 10 heteroatoms. The van der Waals surface area contributed by atoms with Gasteiger partial charge in [-0.05, 0) is 60.2 Å². The first-order valence-corrected chi connectivity index (χ1v) is 11.6. The number of aromatic carboxylic acids is 1. The van der Waals surface area contributed by atoms with E-state index in [1.54, 1.807) is 62.2 Å². The zero-order valence-electron chi connectivity index (χ0n) is 20.2. The molecule has 0 radical (unpaired) electrons. The Balaban J connectivity index is 1.53. The molecule has 0 fully saturated rings. The molecule has 2 N–H and O–H groups in total. The van der Waals surface area contributed by atoms with Gasteiger partial charge in [-0.1, -0.05) is 6.07 Å². The molecule has 10 nitrogen and oxygen atoms in total. The van der Waals surface area contributed by atoms with Gasteiger partial charge in [0.05, 0.1) is 39.8 Å². The van der Waals surface area contributed by atoms with Gasteiger partial charge >= 0.3 is 5.97 Å². The number of nitrogens with zero attached hydrogens (tertiary/aromatic N) is 4. The summed E-state index contributed by atoms with van der Waals surface area (Å²) in [7, 11) is 1.60. The molecule has 2 aromatic carbocycles. The quantitative estimate of drug-likeness (QED) is 0.360. The maximum absolute atomic E-state index is 13.6. The van der Waals surface area contributed by atoms with Gasteiger partial charge in [0.1, 0.15) is 0 Å². The predicted molar refractivity (Wildman–Crippen MR) is 140 cm³/mol. The molecule has 188 valence electrons. The fourth-order valence-corrected chi connectivity index (χ4v) is 4.16. The zero-order chi connectivity index (χ0) is 26.8. The first kappa shape index (κ1) is 24.3. The molecule has 0 spiro atoms. The number of benzene rings is 2. The van der Waals surface area contributed by atoms with Crippen LogP contribution >= 0.6 is 0 Å². The first-order chi connectivity index (χ1) is 18.3. The van der Waals surface area contributed by atoms with Crippen molar-refractivity contribution < 1.29 is 24.3 Å². The second kappa shape index (κ2) is 9.94. The number of anilines is 3. The highest BCUT2D eigenvalue weighted by Crippen LogP contribution is 2.32. The Hall–Kier alpha value is -5.38. The molecule has 38 heavy (non-hydrogen) atoms. The summed E-state index contributed by atoms with van der Waals surface area (Å²) in [6, 6.07) is 15.6. The lowest BCUT2D eigenvalue weighted by Gasteiger charge is -2.22. The van der Waals surface area contributed by atoms with Gasteiger partial charge in [0, 0.05) is 37.9 Å². The fraction of sp³-hybridized carbons (Fsp3) is 0.0714. The number of carboxylic acid groups (broad SMARTS) is 1. The van der Waals surface area contributed by atoms with Gasteiger partial charge in [-0.25, -0.2) is 9.69 Å². The average Bonchev–Trinajstić information content (AvgIpc) is 3.20. The third-order valence-electron chi connectivity index (χ3n) is 6.17. The van der Waals surface area contributed by atoms with E-state index < -0.39 is 23.7 Å². The van der Waals surface area contributed by atoms with Gasteiger partial charge in [0.25, 0.3) is 17.7 Å². The Kier molecular flexibility index (Phi) is 6.36. The van der Waals surface area contributed by atoms with E-state index in [0.29, 0.717) is 17.9 Å². The number of carboxylic acids is 1. The SMILES string of the molecule is CN(C(=O)c1cc(N2C(=O)c3ccc(C(=O)O)cc3C2=O)ccc1NCc1cccnc1)c1cccnc1. The van der Waals surface area contributed by atoms with E-state index >= 15 is 0 Å². The van der Waals surface area contributed by atoms with E-state index in [9.17, 15) is 24.3 Å². The largest absolute Gasteiger partial charge is 0.478 e. The number of hydrogen-bond acceptors (Lipinski definition) is 7. The standard InChI is InChI=1S/C28H21N5O5/c1-32(20-5-3-11-30-16-20)25(34)23-13-19(7-9-24(23)31-15-17-4-2-10-29-14-17)33-26(35)21-8-6-18(28(37)38)12-22(21)27(33)36/h2-14,16,31H,15H2,1H3,(H,37,38). The number of pyridine rings is 2. The van der Waals surface area contributed by atoms with Crippen molar-refractivity contribution in [2.75, 3.05) is 22.2 Å². The third kappa shape index (κ3) is 4.46. The molecule has 0 unspecified atom stereocenters. The molecule has 1 aliphatic heterocycles. The predicted octanol–water partition coefficient (Wildman–Crippen LogP) is 3.86. The Bertz CT molecular complexity index is 1570. The summed E-state index contributed by atoms with van der Waals surface area (Å²) in [6.45, 7) is 0.384. The summed E-state index contributed by atoms with van der Waals surface area (Å²) in [5.74, 6) is -2.86. The van der Waals surface area contributed by atoms with Gasteiger partial charge in [-0.2, -0.15) is 0 Å². The van der Waals surface area contributed by atoms with Crippen molar-refractivity contribution in [1.82, 2.24) is 9.97 Å². The van der Waals surface area contributed by atoms with Crippen molar-refractivity contribution in [3.63, 3.8) is 0 Å². The molecular weight excluding hydrogens is 486 g/mol. The molecule has 0 saturated heterocycles. The molecular formula is C28H21N5O5. The van der Waals surface area contributed by atoms with Crippen molar-refractivity contribution in [2.45, 2.75) is 6.54 Å². The molecule has 3 amide bonds. The minimum Gasteiger partial charge on any atom is -0.478 e. The van der Waals surface area contributed by atoms with Gasteiger partial charge in [-0.15, -0.1) is 0 Å². The molecule has 0 saturated carbocycles. The number of aromatic nitrogens is 2. The van der Waals surface area contributed by atoms with Crippen LogP contribution in [0.2, 0.25) is 0 Å². The second-order valence-electron chi connectivity index (χ2n) is 8.53. The number of nitrogens with one attached hydrogen (secondary N) is 1. The summed E-state index contributed by atoms with van der Waals surface area (Å²) in [6.07, 6.45) is 6.52. The summed E-state index contributed by atoms with van der Waals surface area (Å²) < 4.78 is 0. The van der Waals surface area contributed by atoms with Crippen LogP contribution in [0.3, 0.4) is 0 Å². The van der Waals surface area contributed by atoms with E-state index in [2.05, 4.69) is 15.3 Å². The van der Waals surface area contributed by atoms with Crippen LogP contribution in [0, 0.1) is 0 Å². The van der Waals surface area contributed by atoms with Gasteiger partial charge in [0.2, 0.25) is 0 Å². The number of imide groups is 1. The zero-order valence-corrected chi connectivity index (χ0v) is 20.2. The molecule has 2 aromatic heterocycles. The van der Waals surface area contributed by atoms with Crippen LogP contribution in [0.15, 0.2) is 85.5 Å². The third-order valence-corrected chi connectivity index (χ3v) is 6.17. The van der Waals surface area contributed by atoms with Crippen molar-refractivity contribution in [3.05, 3.63) is 113 Å². The van der Waals surface area contributed by atoms with Gasteiger partial charge in [0.15, 0.2) is 0 Å². The summed E-state index contributed by atoms with van der Waals surface area (Å²) in [5, 5.41) is 12.5. The number of fused-ring (bicyclic) bond motifs is 1. The molecule has 0 atom stereocenters. The second-order valence-corrected chi connectivity index (χ2v) is 8.53. The summed E-state index contributed by atoms with van der Waals surface area (Å²) in [5.41, 5.74) is 2.34. The Morgan fingerprint density at radius 1 is 0.921 bits per heavy atom.